The zero-order chi connectivity index (χ0) is 23.0. The molecule has 2 heterocycles. The van der Waals surface area contributed by atoms with Gasteiger partial charge in [-0.25, -0.2) is 0 Å². The number of hydrogen-bond acceptors (Lipinski definition) is 4. The van der Waals surface area contributed by atoms with Crippen LogP contribution in [0, 0.1) is 6.92 Å². The zero-order valence-corrected chi connectivity index (χ0v) is 19.5. The molecule has 4 rings (SSSR count). The normalized spacial score (nSPS) is 15.6. The second-order valence-electron chi connectivity index (χ2n) is 8.87. The largest absolute Gasteiger partial charge is 0.494 e. The Hall–Kier alpha value is -2.83. The van der Waals surface area contributed by atoms with E-state index in [-0.39, 0.29) is 12.6 Å². The van der Waals surface area contributed by atoms with E-state index in [1.807, 2.05) is 17.0 Å². The first-order chi connectivity index (χ1) is 16.2. The van der Waals surface area contributed by atoms with Crippen LogP contribution in [0.1, 0.15) is 54.1 Å². The van der Waals surface area contributed by atoms with Gasteiger partial charge in [0.05, 0.1) is 19.3 Å². The molecule has 1 atom stereocenters. The molecule has 1 amide bonds. The number of aryl methyl sites for hydroxylation is 1. The number of aliphatic hydroxyl groups excluding tert-OH is 1. The number of aromatic nitrogens is 1. The average molecular weight is 450 g/mol. The minimum Gasteiger partial charge on any atom is -0.494 e. The number of rotatable bonds is 12. The van der Waals surface area contributed by atoms with Gasteiger partial charge in [-0.15, -0.1) is 0 Å². The molecule has 1 aliphatic rings. The van der Waals surface area contributed by atoms with Crippen molar-refractivity contribution in [1.29, 1.82) is 0 Å². The van der Waals surface area contributed by atoms with Crippen molar-refractivity contribution in [3.63, 3.8) is 0 Å². The highest BCUT2D eigenvalue weighted by Crippen LogP contribution is 2.38. The number of carbonyl (C=O) groups is 1. The van der Waals surface area contributed by atoms with E-state index < -0.39 is 0 Å². The lowest BCUT2D eigenvalue weighted by atomic mass is 9.92. The molecule has 0 aliphatic carbocycles. The van der Waals surface area contributed by atoms with Crippen molar-refractivity contribution in [3.8, 4) is 5.75 Å². The molecule has 176 valence electrons. The topological polar surface area (TPSA) is 77.6 Å². The smallest absolute Gasteiger partial charge is 0.210 e. The predicted octanol–water partition coefficient (Wildman–Crippen LogP) is 4.10. The second kappa shape index (κ2) is 11.3. The van der Waals surface area contributed by atoms with Crippen LogP contribution >= 0.6 is 0 Å². The highest BCUT2D eigenvalue weighted by Gasteiger charge is 2.30. The molecule has 0 saturated heterocycles. The van der Waals surface area contributed by atoms with Crippen molar-refractivity contribution in [2.45, 2.75) is 45.1 Å². The Morgan fingerprint density at radius 2 is 1.94 bits per heavy atom. The average Bonchev–Trinajstić information content (AvgIpc) is 3.20. The van der Waals surface area contributed by atoms with Crippen molar-refractivity contribution >= 4 is 17.3 Å². The van der Waals surface area contributed by atoms with Gasteiger partial charge < -0.3 is 25.0 Å². The van der Waals surface area contributed by atoms with E-state index in [4.69, 9.17) is 9.84 Å². The van der Waals surface area contributed by atoms with Crippen molar-refractivity contribution in [2.24, 2.45) is 0 Å². The van der Waals surface area contributed by atoms with Gasteiger partial charge in [-0.3, -0.25) is 4.79 Å². The summed E-state index contributed by atoms with van der Waals surface area (Å²) < 4.78 is 5.94. The predicted molar refractivity (Wildman–Crippen MR) is 132 cm³/mol. The van der Waals surface area contributed by atoms with E-state index in [0.29, 0.717) is 13.2 Å². The molecule has 2 aromatic carbocycles. The summed E-state index contributed by atoms with van der Waals surface area (Å²) in [5.41, 5.74) is 5.92. The van der Waals surface area contributed by atoms with E-state index in [0.717, 1.165) is 74.1 Å². The minimum atomic E-state index is -0.104. The van der Waals surface area contributed by atoms with E-state index in [1.54, 1.807) is 0 Å². The number of H-pyrrole nitrogens is 1. The third-order valence-electron chi connectivity index (χ3n) is 6.46. The maximum atomic E-state index is 11.9. The van der Waals surface area contributed by atoms with Crippen molar-refractivity contribution in [1.82, 2.24) is 15.2 Å². The van der Waals surface area contributed by atoms with E-state index in [9.17, 15) is 4.79 Å². The summed E-state index contributed by atoms with van der Waals surface area (Å²) in [4.78, 5) is 17.3. The number of carbonyl (C=O) groups excluding carboxylic acids is 1. The Bertz CT molecular complexity index is 1040. The third-order valence-corrected chi connectivity index (χ3v) is 6.46. The fourth-order valence-corrected chi connectivity index (χ4v) is 4.74. The number of benzene rings is 2. The van der Waals surface area contributed by atoms with Gasteiger partial charge in [-0.05, 0) is 68.1 Å². The van der Waals surface area contributed by atoms with Gasteiger partial charge in [-0.2, -0.15) is 0 Å². The number of fused-ring (bicyclic) bond motifs is 3. The fraction of sp³-hybridized carbons (Fsp3) is 0.444. The molecule has 1 unspecified atom stereocenters. The summed E-state index contributed by atoms with van der Waals surface area (Å²) in [5.74, 6) is 0.865. The van der Waals surface area contributed by atoms with E-state index >= 15 is 0 Å². The standard InChI is InChI=1S/C27H35N3O3/c1-20-6-11-25-24(18-20)23-12-15-30(19-32)27(26(23)29-25)21-7-9-22(10-8-21)33-17-5-3-2-4-13-28-14-16-31/h6-11,18-19,27-29,31H,2-5,12-17H2,1H3. The molecule has 0 radical (unpaired) electrons. The molecule has 33 heavy (non-hydrogen) atoms. The van der Waals surface area contributed by atoms with Crippen molar-refractivity contribution in [3.05, 3.63) is 64.8 Å². The van der Waals surface area contributed by atoms with Gasteiger partial charge in [0.2, 0.25) is 6.41 Å². The third kappa shape index (κ3) is 5.57. The summed E-state index contributed by atoms with van der Waals surface area (Å²) in [6, 6.07) is 14.6. The Balaban J connectivity index is 1.37. The maximum Gasteiger partial charge on any atom is 0.210 e. The molecule has 6 heteroatoms. The molecule has 1 aliphatic heterocycles. The van der Waals surface area contributed by atoms with Gasteiger partial charge in [-0.1, -0.05) is 36.6 Å². The summed E-state index contributed by atoms with van der Waals surface area (Å²) in [6.07, 6.45) is 6.29. The van der Waals surface area contributed by atoms with Gasteiger partial charge >= 0.3 is 0 Å². The molecular formula is C27H35N3O3. The zero-order valence-electron chi connectivity index (χ0n) is 19.5. The lowest BCUT2D eigenvalue weighted by molar-refractivity contribution is -0.120. The summed E-state index contributed by atoms with van der Waals surface area (Å²) in [7, 11) is 0. The molecule has 0 spiro atoms. The summed E-state index contributed by atoms with van der Waals surface area (Å²) in [5, 5.41) is 13.2. The van der Waals surface area contributed by atoms with Gasteiger partial charge in [0.1, 0.15) is 5.75 Å². The molecule has 0 fully saturated rings. The lowest BCUT2D eigenvalue weighted by Gasteiger charge is -2.33. The number of unbranched alkanes of at least 4 members (excludes halogenated alkanes) is 3. The molecule has 3 aromatic rings. The van der Waals surface area contributed by atoms with Gasteiger partial charge in [0, 0.05) is 29.7 Å². The number of aromatic amines is 1. The molecule has 0 saturated carbocycles. The van der Waals surface area contributed by atoms with Crippen LogP contribution in [0.2, 0.25) is 0 Å². The van der Waals surface area contributed by atoms with Crippen LogP contribution in [0.15, 0.2) is 42.5 Å². The van der Waals surface area contributed by atoms with Crippen LogP contribution in [0.4, 0.5) is 0 Å². The number of ether oxygens (including phenoxy) is 1. The highest BCUT2D eigenvalue weighted by atomic mass is 16.5. The maximum absolute atomic E-state index is 11.9. The first-order valence-corrected chi connectivity index (χ1v) is 12.1. The number of amides is 1. The Kier molecular flexibility index (Phi) is 8.02. The monoisotopic (exact) mass is 449 g/mol. The number of nitrogens with zero attached hydrogens (tertiary/aromatic N) is 1. The molecule has 1 aromatic heterocycles. The Morgan fingerprint density at radius 1 is 1.12 bits per heavy atom. The van der Waals surface area contributed by atoms with Crippen LogP contribution in [-0.2, 0) is 11.2 Å². The second-order valence-corrected chi connectivity index (χ2v) is 8.87. The molecule has 6 nitrogen and oxygen atoms in total. The number of hydrogen-bond donors (Lipinski definition) is 3. The van der Waals surface area contributed by atoms with Crippen LogP contribution < -0.4 is 10.1 Å². The first kappa shape index (κ1) is 23.3. The van der Waals surface area contributed by atoms with E-state index in [1.165, 1.54) is 16.5 Å². The van der Waals surface area contributed by atoms with Gasteiger partial charge in [0.25, 0.3) is 0 Å². The van der Waals surface area contributed by atoms with E-state index in [2.05, 4.69) is 47.6 Å². The SMILES string of the molecule is Cc1ccc2[nH]c3c(c2c1)CCN(C=O)C3c1ccc(OCCCCCCNCCO)cc1. The highest BCUT2D eigenvalue weighted by molar-refractivity contribution is 5.86. The van der Waals surface area contributed by atoms with Crippen molar-refractivity contribution in [2.75, 3.05) is 32.8 Å². The molecule has 0 bridgehead atoms. The molecule has 3 N–H and O–H groups in total. The summed E-state index contributed by atoms with van der Waals surface area (Å²) in [6.45, 7) is 5.37. The van der Waals surface area contributed by atoms with Crippen LogP contribution in [0.5, 0.6) is 5.75 Å². The Labute approximate surface area is 195 Å². The first-order valence-electron chi connectivity index (χ1n) is 12.1. The number of nitrogens with one attached hydrogen (secondary N) is 2. The van der Waals surface area contributed by atoms with Crippen molar-refractivity contribution < 1.29 is 14.6 Å². The quantitative estimate of drug-likeness (QED) is 0.287. The van der Waals surface area contributed by atoms with Crippen LogP contribution in [0.25, 0.3) is 10.9 Å². The fourth-order valence-electron chi connectivity index (χ4n) is 4.74. The summed E-state index contributed by atoms with van der Waals surface area (Å²) >= 11 is 0. The van der Waals surface area contributed by atoms with Crippen LogP contribution in [0.3, 0.4) is 0 Å². The molecular weight excluding hydrogens is 414 g/mol. The number of aliphatic hydroxyl groups is 1. The minimum absolute atomic E-state index is 0.104. The van der Waals surface area contributed by atoms with Crippen LogP contribution in [-0.4, -0.2) is 54.2 Å². The Morgan fingerprint density at radius 3 is 2.73 bits per heavy atom. The van der Waals surface area contributed by atoms with Gasteiger partial charge in [0.15, 0.2) is 0 Å². The lowest BCUT2D eigenvalue weighted by Crippen LogP contribution is -2.34.